The van der Waals surface area contributed by atoms with Gasteiger partial charge in [-0.25, -0.2) is 4.68 Å². The molecule has 1 N–H and O–H groups in total. The van der Waals surface area contributed by atoms with Gasteiger partial charge in [0.1, 0.15) is 6.33 Å². The van der Waals surface area contributed by atoms with Crippen molar-refractivity contribution >= 4 is 11.6 Å². The Balaban J connectivity index is 1.78. The summed E-state index contributed by atoms with van der Waals surface area (Å²) in [7, 11) is 0. The molecule has 3 aromatic rings. The number of rotatable bonds is 5. The lowest BCUT2D eigenvalue weighted by Gasteiger charge is -2.15. The fourth-order valence-electron chi connectivity index (χ4n) is 2.49. The van der Waals surface area contributed by atoms with E-state index in [0.717, 1.165) is 23.4 Å². The predicted octanol–water partition coefficient (Wildman–Crippen LogP) is 2.79. The van der Waals surface area contributed by atoms with E-state index in [1.807, 2.05) is 61.5 Å². The largest absolute Gasteiger partial charge is 0.325 e. The summed E-state index contributed by atoms with van der Waals surface area (Å²) in [6.07, 6.45) is 2.25. The van der Waals surface area contributed by atoms with Crippen LogP contribution in [-0.2, 0) is 4.79 Å². The molecule has 2 aromatic carbocycles. The Morgan fingerprint density at radius 1 is 1.17 bits per heavy atom. The van der Waals surface area contributed by atoms with Crippen molar-refractivity contribution in [3.05, 3.63) is 66.5 Å². The van der Waals surface area contributed by atoms with Gasteiger partial charge in [-0.15, -0.1) is 5.10 Å². The van der Waals surface area contributed by atoms with E-state index in [1.165, 1.54) is 6.33 Å². The minimum Gasteiger partial charge on any atom is -0.325 e. The van der Waals surface area contributed by atoms with Gasteiger partial charge in [-0.2, -0.15) is 0 Å². The van der Waals surface area contributed by atoms with Crippen LogP contribution in [0.2, 0.25) is 0 Å². The van der Waals surface area contributed by atoms with Crippen molar-refractivity contribution in [1.82, 2.24) is 20.2 Å². The lowest BCUT2D eigenvalue weighted by atomic mass is 9.95. The second-order valence-corrected chi connectivity index (χ2v) is 5.17. The van der Waals surface area contributed by atoms with E-state index in [2.05, 4.69) is 20.8 Å². The van der Waals surface area contributed by atoms with Gasteiger partial charge in [0.2, 0.25) is 5.91 Å². The summed E-state index contributed by atoms with van der Waals surface area (Å²) in [4.78, 5) is 12.6. The van der Waals surface area contributed by atoms with Gasteiger partial charge in [-0.1, -0.05) is 43.3 Å². The van der Waals surface area contributed by atoms with Crippen LogP contribution < -0.4 is 5.32 Å². The highest BCUT2D eigenvalue weighted by atomic mass is 16.1. The van der Waals surface area contributed by atoms with Crippen LogP contribution in [-0.4, -0.2) is 26.1 Å². The number of anilines is 1. The SMILES string of the molecule is CC[C@H](C(=O)Nc1cccc(-n2cnnn2)c1)c1ccccc1. The number of nitrogens with one attached hydrogen (secondary N) is 1. The van der Waals surface area contributed by atoms with Crippen LogP contribution in [0.1, 0.15) is 24.8 Å². The maximum absolute atomic E-state index is 12.6. The molecule has 6 nitrogen and oxygen atoms in total. The lowest BCUT2D eigenvalue weighted by Crippen LogP contribution is -2.20. The van der Waals surface area contributed by atoms with Gasteiger partial charge in [-0.3, -0.25) is 4.79 Å². The first kappa shape index (κ1) is 14.9. The first-order valence-corrected chi connectivity index (χ1v) is 7.47. The minimum absolute atomic E-state index is 0.0208. The number of carbonyl (C=O) groups is 1. The van der Waals surface area contributed by atoms with Crippen LogP contribution in [0.5, 0.6) is 0 Å². The number of amides is 1. The Morgan fingerprint density at radius 2 is 2.00 bits per heavy atom. The number of benzene rings is 2. The molecule has 0 aliphatic rings. The first-order valence-electron chi connectivity index (χ1n) is 7.47. The van der Waals surface area contributed by atoms with Gasteiger partial charge < -0.3 is 5.32 Å². The number of carbonyl (C=O) groups excluding carboxylic acids is 1. The number of aromatic nitrogens is 4. The highest BCUT2D eigenvalue weighted by molar-refractivity contribution is 5.96. The van der Waals surface area contributed by atoms with E-state index in [-0.39, 0.29) is 11.8 Å². The second-order valence-electron chi connectivity index (χ2n) is 5.17. The van der Waals surface area contributed by atoms with Crippen LogP contribution in [0.25, 0.3) is 5.69 Å². The number of tetrazole rings is 1. The molecule has 116 valence electrons. The summed E-state index contributed by atoms with van der Waals surface area (Å²) < 4.78 is 1.55. The summed E-state index contributed by atoms with van der Waals surface area (Å²) in [5, 5.41) is 14.1. The summed E-state index contributed by atoms with van der Waals surface area (Å²) in [6.45, 7) is 2.01. The predicted molar refractivity (Wildman–Crippen MR) is 87.3 cm³/mol. The first-order chi connectivity index (χ1) is 11.3. The normalized spacial score (nSPS) is 11.9. The van der Waals surface area contributed by atoms with Crippen molar-refractivity contribution in [1.29, 1.82) is 0 Å². The van der Waals surface area contributed by atoms with E-state index in [9.17, 15) is 4.79 Å². The fraction of sp³-hybridized carbons (Fsp3) is 0.176. The van der Waals surface area contributed by atoms with Gasteiger partial charge in [0.15, 0.2) is 0 Å². The third-order valence-corrected chi connectivity index (χ3v) is 3.65. The summed E-state index contributed by atoms with van der Waals surface area (Å²) in [6, 6.07) is 17.2. The summed E-state index contributed by atoms with van der Waals surface area (Å²) in [5.74, 6) is -0.194. The molecule has 6 heteroatoms. The number of nitrogens with zero attached hydrogens (tertiary/aromatic N) is 4. The van der Waals surface area contributed by atoms with Gasteiger partial charge in [0, 0.05) is 5.69 Å². The Bertz CT molecular complexity index is 771. The highest BCUT2D eigenvalue weighted by Crippen LogP contribution is 2.22. The molecular weight excluding hydrogens is 290 g/mol. The molecular formula is C17H17N5O. The van der Waals surface area contributed by atoms with Crippen molar-refractivity contribution in [3.8, 4) is 5.69 Å². The Labute approximate surface area is 134 Å². The van der Waals surface area contributed by atoms with E-state index >= 15 is 0 Å². The number of hydrogen-bond acceptors (Lipinski definition) is 4. The Hall–Kier alpha value is -3.02. The smallest absolute Gasteiger partial charge is 0.231 e. The maximum Gasteiger partial charge on any atom is 0.231 e. The molecule has 0 saturated carbocycles. The molecule has 23 heavy (non-hydrogen) atoms. The van der Waals surface area contributed by atoms with Gasteiger partial charge >= 0.3 is 0 Å². The zero-order chi connectivity index (χ0) is 16.1. The molecule has 0 saturated heterocycles. The molecule has 0 spiro atoms. The van der Waals surface area contributed by atoms with Crippen LogP contribution in [0, 0.1) is 0 Å². The number of hydrogen-bond donors (Lipinski definition) is 1. The van der Waals surface area contributed by atoms with Gasteiger partial charge in [0.05, 0.1) is 11.6 Å². The second kappa shape index (κ2) is 6.83. The fourth-order valence-corrected chi connectivity index (χ4v) is 2.49. The van der Waals surface area contributed by atoms with E-state index in [0.29, 0.717) is 0 Å². The molecule has 1 atom stereocenters. The van der Waals surface area contributed by atoms with Crippen molar-refractivity contribution in [2.45, 2.75) is 19.3 Å². The summed E-state index contributed by atoms with van der Waals surface area (Å²) >= 11 is 0. The van der Waals surface area contributed by atoms with Crippen molar-refractivity contribution in [2.75, 3.05) is 5.32 Å². The zero-order valence-corrected chi connectivity index (χ0v) is 12.8. The molecule has 0 radical (unpaired) electrons. The molecule has 3 rings (SSSR count). The van der Waals surface area contributed by atoms with E-state index in [1.54, 1.807) is 4.68 Å². The quantitative estimate of drug-likeness (QED) is 0.786. The van der Waals surface area contributed by atoms with Crippen LogP contribution in [0.15, 0.2) is 60.9 Å². The molecule has 1 aromatic heterocycles. The Kier molecular flexibility index (Phi) is 4.42. The highest BCUT2D eigenvalue weighted by Gasteiger charge is 2.18. The van der Waals surface area contributed by atoms with Crippen LogP contribution in [0.3, 0.4) is 0 Å². The molecule has 0 aliphatic heterocycles. The van der Waals surface area contributed by atoms with Crippen molar-refractivity contribution in [2.24, 2.45) is 0 Å². The topological polar surface area (TPSA) is 72.7 Å². The molecule has 0 fully saturated rings. The molecule has 0 aliphatic carbocycles. The molecule has 1 heterocycles. The maximum atomic E-state index is 12.6. The van der Waals surface area contributed by atoms with Gasteiger partial charge in [-0.05, 0) is 40.6 Å². The zero-order valence-electron chi connectivity index (χ0n) is 12.8. The molecule has 0 bridgehead atoms. The van der Waals surface area contributed by atoms with Crippen LogP contribution >= 0.6 is 0 Å². The minimum atomic E-state index is -0.173. The average Bonchev–Trinajstić information content (AvgIpc) is 3.11. The van der Waals surface area contributed by atoms with Crippen molar-refractivity contribution < 1.29 is 4.79 Å². The van der Waals surface area contributed by atoms with E-state index < -0.39 is 0 Å². The van der Waals surface area contributed by atoms with Crippen LogP contribution in [0.4, 0.5) is 5.69 Å². The summed E-state index contributed by atoms with van der Waals surface area (Å²) in [5.41, 5.74) is 2.53. The van der Waals surface area contributed by atoms with E-state index in [4.69, 9.17) is 0 Å². The monoisotopic (exact) mass is 307 g/mol. The standard InChI is InChI=1S/C17H17N5O/c1-2-16(13-7-4-3-5-8-13)17(23)19-14-9-6-10-15(11-14)22-12-18-20-21-22/h3-12,16H,2H2,1H3,(H,19,23)/t16-/m0/s1. The van der Waals surface area contributed by atoms with Gasteiger partial charge in [0.25, 0.3) is 0 Å². The average molecular weight is 307 g/mol. The van der Waals surface area contributed by atoms with Crippen molar-refractivity contribution in [3.63, 3.8) is 0 Å². The lowest BCUT2D eigenvalue weighted by molar-refractivity contribution is -0.117. The third kappa shape index (κ3) is 3.42. The molecule has 0 unspecified atom stereocenters. The Morgan fingerprint density at radius 3 is 2.70 bits per heavy atom. The third-order valence-electron chi connectivity index (χ3n) is 3.65. The molecule has 1 amide bonds.